The van der Waals surface area contributed by atoms with Crippen LogP contribution in [0.5, 0.6) is 0 Å². The van der Waals surface area contributed by atoms with Gasteiger partial charge in [0.05, 0.1) is 0 Å². The van der Waals surface area contributed by atoms with Gasteiger partial charge in [-0.05, 0) is 37.5 Å². The molecule has 0 atom stereocenters. The number of hydrogen-bond donors (Lipinski definition) is 0. The smallest absolute Gasteiger partial charge is 0.152 e. The van der Waals surface area contributed by atoms with Crippen LogP contribution in [0.15, 0.2) is 22.7 Å². The number of hydrogen-bond acceptors (Lipinski definition) is 2. The van der Waals surface area contributed by atoms with Crippen LogP contribution in [-0.2, 0) is 0 Å². The van der Waals surface area contributed by atoms with Crippen molar-refractivity contribution in [3.63, 3.8) is 0 Å². The van der Waals surface area contributed by atoms with Gasteiger partial charge in [-0.1, -0.05) is 29.3 Å². The number of halogens is 1. The minimum atomic E-state index is 0.654. The highest BCUT2D eigenvalue weighted by Gasteiger charge is 2.29. The molecule has 2 nitrogen and oxygen atoms in total. The van der Waals surface area contributed by atoms with E-state index in [0.717, 1.165) is 28.6 Å². The molecule has 92 valence electrons. The van der Waals surface area contributed by atoms with Crippen molar-refractivity contribution in [3.8, 4) is 0 Å². The summed E-state index contributed by atoms with van der Waals surface area (Å²) in [6.07, 6.45) is 5.86. The molecule has 0 saturated heterocycles. The molecule has 0 unspecified atom stereocenters. The maximum absolute atomic E-state index is 11.2. The summed E-state index contributed by atoms with van der Waals surface area (Å²) >= 11 is 3.41. The van der Waals surface area contributed by atoms with Crippen LogP contribution in [-0.4, -0.2) is 18.9 Å². The fourth-order valence-corrected chi connectivity index (χ4v) is 2.47. The van der Waals surface area contributed by atoms with Crippen molar-refractivity contribution >= 4 is 27.9 Å². The molecule has 0 amide bonds. The number of carbonyl (C=O) groups is 1. The first-order valence-electron chi connectivity index (χ1n) is 6.27. The molecule has 0 bridgehead atoms. The van der Waals surface area contributed by atoms with E-state index in [-0.39, 0.29) is 0 Å². The normalized spacial score (nSPS) is 14.7. The zero-order valence-corrected chi connectivity index (χ0v) is 11.7. The van der Waals surface area contributed by atoms with E-state index < -0.39 is 0 Å². The van der Waals surface area contributed by atoms with Crippen LogP contribution in [0.4, 0.5) is 5.69 Å². The lowest BCUT2D eigenvalue weighted by Crippen LogP contribution is -2.27. The summed E-state index contributed by atoms with van der Waals surface area (Å²) in [5.74, 6) is 0. The molecule has 1 aliphatic rings. The fourth-order valence-electron chi connectivity index (χ4n) is 2.10. The van der Waals surface area contributed by atoms with Gasteiger partial charge in [0.1, 0.15) is 0 Å². The van der Waals surface area contributed by atoms with Crippen LogP contribution >= 0.6 is 15.9 Å². The molecule has 1 aliphatic carbocycles. The van der Waals surface area contributed by atoms with Gasteiger partial charge in [-0.25, -0.2) is 0 Å². The molecule has 17 heavy (non-hydrogen) atoms. The topological polar surface area (TPSA) is 20.3 Å². The van der Waals surface area contributed by atoms with Crippen molar-refractivity contribution in [1.29, 1.82) is 0 Å². The minimum absolute atomic E-state index is 0.654. The first-order chi connectivity index (χ1) is 8.26. The molecule has 1 aromatic rings. The van der Waals surface area contributed by atoms with Crippen molar-refractivity contribution in [2.75, 3.05) is 11.4 Å². The Morgan fingerprint density at radius 3 is 2.82 bits per heavy atom. The highest BCUT2D eigenvalue weighted by atomic mass is 79.9. The van der Waals surface area contributed by atoms with E-state index in [1.54, 1.807) is 0 Å². The molecule has 3 heteroatoms. The molecule has 0 radical (unpaired) electrons. The van der Waals surface area contributed by atoms with Crippen molar-refractivity contribution in [3.05, 3.63) is 28.2 Å². The number of rotatable bonds is 6. The van der Waals surface area contributed by atoms with Crippen LogP contribution in [0.25, 0.3) is 0 Å². The zero-order chi connectivity index (χ0) is 12.3. The van der Waals surface area contributed by atoms with Crippen LogP contribution < -0.4 is 4.90 Å². The summed E-state index contributed by atoms with van der Waals surface area (Å²) in [7, 11) is 0. The maximum Gasteiger partial charge on any atom is 0.152 e. The summed E-state index contributed by atoms with van der Waals surface area (Å²) < 4.78 is 0.967. The summed E-state index contributed by atoms with van der Waals surface area (Å²) in [6.45, 7) is 3.26. The number of benzene rings is 1. The molecule has 0 spiro atoms. The molecule has 0 aromatic heterocycles. The average molecular weight is 296 g/mol. The van der Waals surface area contributed by atoms with Gasteiger partial charge in [0.15, 0.2) is 6.29 Å². The molecule has 0 aliphatic heterocycles. The quantitative estimate of drug-likeness (QED) is 0.739. The third-order valence-corrected chi connectivity index (χ3v) is 3.66. The number of carbonyl (C=O) groups excluding carboxylic acids is 1. The van der Waals surface area contributed by atoms with Gasteiger partial charge in [0, 0.05) is 28.3 Å². The van der Waals surface area contributed by atoms with E-state index in [1.807, 2.05) is 12.1 Å². The Bertz CT molecular complexity index is 401. The molecule has 2 rings (SSSR count). The fraction of sp³-hybridized carbons (Fsp3) is 0.500. The third kappa shape index (κ3) is 3.09. The predicted octanol–water partition coefficient (Wildman–Crippen LogP) is 4.03. The molecule has 1 saturated carbocycles. The second-order valence-electron chi connectivity index (χ2n) is 4.60. The molecular formula is C14H18BrNO. The van der Waals surface area contributed by atoms with E-state index in [4.69, 9.17) is 0 Å². The van der Waals surface area contributed by atoms with Crippen molar-refractivity contribution in [2.24, 2.45) is 0 Å². The highest BCUT2D eigenvalue weighted by Crippen LogP contribution is 2.34. The Hall–Kier alpha value is -0.830. The third-order valence-electron chi connectivity index (χ3n) is 3.17. The SMILES string of the molecule is CCCCN(c1ccc(Br)cc1C=O)C1CC1. The van der Waals surface area contributed by atoms with Crippen molar-refractivity contribution < 1.29 is 4.79 Å². The van der Waals surface area contributed by atoms with Gasteiger partial charge in [0.2, 0.25) is 0 Å². The number of nitrogens with zero attached hydrogens (tertiary/aromatic N) is 1. The van der Waals surface area contributed by atoms with E-state index in [2.05, 4.69) is 33.8 Å². The van der Waals surface area contributed by atoms with Gasteiger partial charge >= 0.3 is 0 Å². The summed E-state index contributed by atoms with van der Waals surface area (Å²) in [4.78, 5) is 13.6. The second-order valence-corrected chi connectivity index (χ2v) is 5.51. The Morgan fingerprint density at radius 2 is 2.24 bits per heavy atom. The number of anilines is 1. The van der Waals surface area contributed by atoms with Crippen LogP contribution in [0, 0.1) is 0 Å². The summed E-state index contributed by atoms with van der Waals surface area (Å²) in [6, 6.07) is 6.64. The average Bonchev–Trinajstić information content (AvgIpc) is 3.15. The molecule has 0 N–H and O–H groups in total. The lowest BCUT2D eigenvalue weighted by atomic mass is 10.1. The Labute approximate surface area is 111 Å². The van der Waals surface area contributed by atoms with E-state index >= 15 is 0 Å². The zero-order valence-electron chi connectivity index (χ0n) is 10.2. The van der Waals surface area contributed by atoms with Crippen LogP contribution in [0.2, 0.25) is 0 Å². The van der Waals surface area contributed by atoms with Gasteiger partial charge < -0.3 is 4.90 Å². The van der Waals surface area contributed by atoms with Gasteiger partial charge in [-0.15, -0.1) is 0 Å². The van der Waals surface area contributed by atoms with Gasteiger partial charge in [-0.2, -0.15) is 0 Å². The second kappa shape index (κ2) is 5.67. The molecule has 0 heterocycles. The Balaban J connectivity index is 2.24. The number of unbranched alkanes of at least 4 members (excludes halogenated alkanes) is 1. The highest BCUT2D eigenvalue weighted by molar-refractivity contribution is 9.10. The first-order valence-corrected chi connectivity index (χ1v) is 7.07. The van der Waals surface area contributed by atoms with Crippen molar-refractivity contribution in [1.82, 2.24) is 0 Å². The molecule has 1 fully saturated rings. The van der Waals surface area contributed by atoms with Crippen LogP contribution in [0.3, 0.4) is 0 Å². The van der Waals surface area contributed by atoms with E-state index in [1.165, 1.54) is 25.7 Å². The number of aldehydes is 1. The predicted molar refractivity (Wildman–Crippen MR) is 74.8 cm³/mol. The monoisotopic (exact) mass is 295 g/mol. The van der Waals surface area contributed by atoms with E-state index in [9.17, 15) is 4.79 Å². The maximum atomic E-state index is 11.2. The molecular weight excluding hydrogens is 278 g/mol. The van der Waals surface area contributed by atoms with Gasteiger partial charge in [-0.3, -0.25) is 4.79 Å². The first kappa shape index (κ1) is 12.6. The van der Waals surface area contributed by atoms with Gasteiger partial charge in [0.25, 0.3) is 0 Å². The lowest BCUT2D eigenvalue weighted by Gasteiger charge is -2.26. The largest absolute Gasteiger partial charge is 0.368 e. The van der Waals surface area contributed by atoms with E-state index in [0.29, 0.717) is 6.04 Å². The molecule has 1 aromatic carbocycles. The summed E-state index contributed by atoms with van der Waals surface area (Å²) in [5, 5.41) is 0. The minimum Gasteiger partial charge on any atom is -0.368 e. The Kier molecular flexibility index (Phi) is 4.21. The van der Waals surface area contributed by atoms with Crippen molar-refractivity contribution in [2.45, 2.75) is 38.6 Å². The Morgan fingerprint density at radius 1 is 1.47 bits per heavy atom. The summed E-state index contributed by atoms with van der Waals surface area (Å²) in [5.41, 5.74) is 1.89. The lowest BCUT2D eigenvalue weighted by molar-refractivity contribution is 0.112. The van der Waals surface area contributed by atoms with Crippen LogP contribution in [0.1, 0.15) is 43.0 Å². The standard InChI is InChI=1S/C14H18BrNO/c1-2-3-8-16(13-5-6-13)14-7-4-12(15)9-11(14)10-17/h4,7,9-10,13H,2-3,5-6,8H2,1H3.